The Kier molecular flexibility index (Phi) is 3.98. The minimum Gasteiger partial charge on any atom is -0.349 e. The molecule has 1 fully saturated rings. The second-order valence-corrected chi connectivity index (χ2v) is 4.03. The van der Waals surface area contributed by atoms with Crippen molar-refractivity contribution in [1.29, 1.82) is 0 Å². The minimum absolute atomic E-state index is 0.242. The number of aromatic nitrogens is 2. The largest absolute Gasteiger partial charge is 0.349 e. The molecule has 1 aliphatic rings. The average Bonchev–Trinajstić information content (AvgIpc) is 2.76. The van der Waals surface area contributed by atoms with Crippen molar-refractivity contribution in [3.8, 4) is 0 Å². The van der Waals surface area contributed by atoms with E-state index in [0.717, 1.165) is 6.54 Å². The molecule has 1 aliphatic heterocycles. The van der Waals surface area contributed by atoms with E-state index in [1.165, 1.54) is 18.6 Å². The highest BCUT2D eigenvalue weighted by molar-refractivity contribution is 5.91. The van der Waals surface area contributed by atoms with E-state index < -0.39 is 6.17 Å². The highest BCUT2D eigenvalue weighted by Gasteiger charge is 2.21. The van der Waals surface area contributed by atoms with E-state index in [9.17, 15) is 9.18 Å². The monoisotopic (exact) mass is 238 g/mol. The molecule has 0 radical (unpaired) electrons. The zero-order chi connectivity index (χ0) is 12.1. The average molecular weight is 238 g/mol. The smallest absolute Gasteiger partial charge is 0.271 e. The van der Waals surface area contributed by atoms with Gasteiger partial charge in [0.1, 0.15) is 11.9 Å². The van der Waals surface area contributed by atoms with Gasteiger partial charge in [-0.1, -0.05) is 0 Å². The van der Waals surface area contributed by atoms with Gasteiger partial charge in [-0.2, -0.15) is 0 Å². The van der Waals surface area contributed by atoms with Crippen LogP contribution in [-0.4, -0.2) is 53.1 Å². The normalized spacial score (nSPS) is 20.4. The lowest BCUT2D eigenvalue weighted by Crippen LogP contribution is -2.34. The first-order valence-corrected chi connectivity index (χ1v) is 5.66. The van der Waals surface area contributed by atoms with Crippen molar-refractivity contribution in [3.05, 3.63) is 24.3 Å². The van der Waals surface area contributed by atoms with Gasteiger partial charge in [0.05, 0.1) is 6.20 Å². The van der Waals surface area contributed by atoms with E-state index >= 15 is 0 Å². The van der Waals surface area contributed by atoms with E-state index in [0.29, 0.717) is 31.7 Å². The predicted molar refractivity (Wildman–Crippen MR) is 60.3 cm³/mol. The molecule has 0 aromatic carbocycles. The topological polar surface area (TPSA) is 58.1 Å². The molecule has 5 nitrogen and oxygen atoms in total. The molecule has 17 heavy (non-hydrogen) atoms. The Morgan fingerprint density at radius 2 is 2.47 bits per heavy atom. The maximum absolute atomic E-state index is 12.9. The van der Waals surface area contributed by atoms with Crippen molar-refractivity contribution in [2.45, 2.75) is 12.6 Å². The van der Waals surface area contributed by atoms with Crippen molar-refractivity contribution >= 4 is 5.91 Å². The minimum atomic E-state index is -0.717. The van der Waals surface area contributed by atoms with Gasteiger partial charge in [-0.25, -0.2) is 9.37 Å². The van der Waals surface area contributed by atoms with Crippen LogP contribution in [0.15, 0.2) is 18.6 Å². The highest BCUT2D eigenvalue weighted by atomic mass is 19.1. The van der Waals surface area contributed by atoms with E-state index in [1.807, 2.05) is 4.90 Å². The summed E-state index contributed by atoms with van der Waals surface area (Å²) in [5.74, 6) is -0.242. The number of carbonyl (C=O) groups is 1. The van der Waals surface area contributed by atoms with Crippen molar-refractivity contribution in [1.82, 2.24) is 20.2 Å². The Hall–Kier alpha value is -1.56. The van der Waals surface area contributed by atoms with Crippen LogP contribution in [0.3, 0.4) is 0 Å². The fourth-order valence-corrected chi connectivity index (χ4v) is 1.82. The molecule has 0 saturated carbocycles. The number of hydrogen-bond donors (Lipinski definition) is 1. The lowest BCUT2D eigenvalue weighted by Gasteiger charge is -2.14. The number of hydrogen-bond acceptors (Lipinski definition) is 4. The summed E-state index contributed by atoms with van der Waals surface area (Å²) < 4.78 is 12.9. The first kappa shape index (κ1) is 11.9. The summed E-state index contributed by atoms with van der Waals surface area (Å²) in [5.41, 5.74) is 0.303. The van der Waals surface area contributed by atoms with E-state index in [-0.39, 0.29) is 5.91 Å². The first-order valence-electron chi connectivity index (χ1n) is 5.66. The van der Waals surface area contributed by atoms with Crippen molar-refractivity contribution in [2.24, 2.45) is 0 Å². The molecule has 1 aromatic heterocycles. The van der Waals surface area contributed by atoms with Crippen LogP contribution in [0.4, 0.5) is 4.39 Å². The van der Waals surface area contributed by atoms with Gasteiger partial charge in [0.25, 0.3) is 5.91 Å². The number of rotatable bonds is 4. The molecular formula is C11H15FN4O. The molecule has 1 unspecified atom stereocenters. The molecule has 2 rings (SSSR count). The highest BCUT2D eigenvalue weighted by Crippen LogP contribution is 2.10. The molecule has 0 aliphatic carbocycles. The van der Waals surface area contributed by atoms with E-state index in [2.05, 4.69) is 15.3 Å². The standard InChI is InChI=1S/C11H15FN4O/c12-9-1-5-16(8-9)6-4-15-11(17)10-7-13-2-3-14-10/h2-3,7,9H,1,4-6,8H2,(H,15,17). The van der Waals surface area contributed by atoms with Crippen molar-refractivity contribution in [2.75, 3.05) is 26.2 Å². The van der Waals surface area contributed by atoms with Crippen molar-refractivity contribution in [3.63, 3.8) is 0 Å². The van der Waals surface area contributed by atoms with Crippen LogP contribution in [-0.2, 0) is 0 Å². The number of alkyl halides is 1. The molecule has 2 heterocycles. The van der Waals surface area contributed by atoms with Crippen LogP contribution in [0.1, 0.15) is 16.9 Å². The third kappa shape index (κ3) is 3.45. The van der Waals surface area contributed by atoms with Crippen LogP contribution in [0, 0.1) is 0 Å². The molecular weight excluding hydrogens is 223 g/mol. The third-order valence-electron chi connectivity index (χ3n) is 2.72. The summed E-state index contributed by atoms with van der Waals surface area (Å²) in [6.07, 6.45) is 4.29. The summed E-state index contributed by atoms with van der Waals surface area (Å²) >= 11 is 0. The Morgan fingerprint density at radius 1 is 1.59 bits per heavy atom. The van der Waals surface area contributed by atoms with Crippen LogP contribution >= 0.6 is 0 Å². The molecule has 0 bridgehead atoms. The van der Waals surface area contributed by atoms with Crippen molar-refractivity contribution < 1.29 is 9.18 Å². The second-order valence-electron chi connectivity index (χ2n) is 4.03. The lowest BCUT2D eigenvalue weighted by molar-refractivity contribution is 0.0944. The zero-order valence-corrected chi connectivity index (χ0v) is 9.47. The van der Waals surface area contributed by atoms with Gasteiger partial charge in [0.2, 0.25) is 0 Å². The SMILES string of the molecule is O=C(NCCN1CCC(F)C1)c1cnccn1. The Labute approximate surface area is 99.1 Å². The number of carbonyl (C=O) groups excluding carboxylic acids is 1. The summed E-state index contributed by atoms with van der Waals surface area (Å²) in [6.45, 7) is 2.41. The number of halogens is 1. The van der Waals surface area contributed by atoms with E-state index in [1.54, 1.807) is 0 Å². The Bertz CT molecular complexity index is 373. The van der Waals surface area contributed by atoms with Crippen LogP contribution < -0.4 is 5.32 Å². The van der Waals surface area contributed by atoms with E-state index in [4.69, 9.17) is 0 Å². The number of nitrogens with one attached hydrogen (secondary N) is 1. The van der Waals surface area contributed by atoms with Gasteiger partial charge >= 0.3 is 0 Å². The Morgan fingerprint density at radius 3 is 3.12 bits per heavy atom. The molecule has 1 N–H and O–H groups in total. The maximum atomic E-state index is 12.9. The van der Waals surface area contributed by atoms with Crippen LogP contribution in [0.25, 0.3) is 0 Å². The molecule has 1 atom stereocenters. The van der Waals surface area contributed by atoms with Gasteiger partial charge in [0.15, 0.2) is 0 Å². The van der Waals surface area contributed by atoms with Gasteiger partial charge in [-0.15, -0.1) is 0 Å². The molecule has 0 spiro atoms. The number of likely N-dealkylation sites (tertiary alicyclic amines) is 1. The summed E-state index contributed by atoms with van der Waals surface area (Å²) in [7, 11) is 0. The third-order valence-corrected chi connectivity index (χ3v) is 2.72. The zero-order valence-electron chi connectivity index (χ0n) is 9.47. The Balaban J connectivity index is 1.70. The van der Waals surface area contributed by atoms with Crippen LogP contribution in [0.2, 0.25) is 0 Å². The van der Waals surface area contributed by atoms with Gasteiger partial charge in [0, 0.05) is 38.6 Å². The van der Waals surface area contributed by atoms with Gasteiger partial charge in [-0.05, 0) is 6.42 Å². The first-order chi connectivity index (χ1) is 8.25. The number of nitrogens with zero attached hydrogens (tertiary/aromatic N) is 3. The quantitative estimate of drug-likeness (QED) is 0.817. The summed E-state index contributed by atoms with van der Waals surface area (Å²) in [4.78, 5) is 21.3. The van der Waals surface area contributed by atoms with Gasteiger partial charge < -0.3 is 5.32 Å². The predicted octanol–water partition coefficient (Wildman–Crippen LogP) is 0.250. The molecule has 1 aromatic rings. The second kappa shape index (κ2) is 5.67. The molecule has 1 amide bonds. The summed E-state index contributed by atoms with van der Waals surface area (Å²) in [6, 6.07) is 0. The molecule has 1 saturated heterocycles. The number of amides is 1. The molecule has 92 valence electrons. The molecule has 6 heteroatoms. The van der Waals surface area contributed by atoms with Crippen LogP contribution in [0.5, 0.6) is 0 Å². The lowest BCUT2D eigenvalue weighted by atomic mass is 10.3. The van der Waals surface area contributed by atoms with Gasteiger partial charge in [-0.3, -0.25) is 14.7 Å². The fourth-order valence-electron chi connectivity index (χ4n) is 1.82. The maximum Gasteiger partial charge on any atom is 0.271 e. The fraction of sp³-hybridized carbons (Fsp3) is 0.545. The summed E-state index contributed by atoms with van der Waals surface area (Å²) in [5, 5.41) is 2.74.